The van der Waals surface area contributed by atoms with E-state index in [1.54, 1.807) is 6.07 Å². The number of alkyl halides is 2. The molecule has 0 aliphatic carbocycles. The van der Waals surface area contributed by atoms with Crippen LogP contribution in [0.25, 0.3) is 17.0 Å². The third kappa shape index (κ3) is 3.77. The zero-order valence-corrected chi connectivity index (χ0v) is 16.4. The maximum Gasteiger partial charge on any atom is 0.282 e. The first-order valence-electron chi connectivity index (χ1n) is 9.01. The number of anilines is 1. The molecule has 154 valence electrons. The molecule has 1 N–H and O–H groups in total. The second-order valence-corrected chi connectivity index (χ2v) is 8.86. The molecule has 0 spiro atoms. The van der Waals surface area contributed by atoms with Crippen LogP contribution in [0.5, 0.6) is 0 Å². The van der Waals surface area contributed by atoms with Crippen molar-refractivity contribution in [1.82, 2.24) is 29.3 Å². The molecule has 1 atom stereocenters. The van der Waals surface area contributed by atoms with Crippen molar-refractivity contribution in [3.63, 3.8) is 0 Å². The van der Waals surface area contributed by atoms with Gasteiger partial charge in [0.1, 0.15) is 23.5 Å². The lowest BCUT2D eigenvalue weighted by molar-refractivity contribution is 0.144. The lowest BCUT2D eigenvalue weighted by Crippen LogP contribution is -2.45. The van der Waals surface area contributed by atoms with E-state index >= 15 is 0 Å². The van der Waals surface area contributed by atoms with Crippen LogP contribution in [0.2, 0.25) is 0 Å². The molecule has 1 unspecified atom stereocenters. The SMILES string of the molecule is CNS(=O)(=O)C1CCCN(c2cc(-c3cnc4ccc(C(F)F)nn34)ncn2)C1. The highest BCUT2D eigenvalue weighted by molar-refractivity contribution is 7.90. The van der Waals surface area contributed by atoms with Crippen molar-refractivity contribution in [2.45, 2.75) is 24.5 Å². The first-order valence-corrected chi connectivity index (χ1v) is 10.6. The molecule has 0 aromatic carbocycles. The van der Waals surface area contributed by atoms with Crippen LogP contribution in [0.4, 0.5) is 14.6 Å². The molecule has 1 fully saturated rings. The first-order chi connectivity index (χ1) is 13.9. The zero-order chi connectivity index (χ0) is 20.6. The van der Waals surface area contributed by atoms with Crippen LogP contribution in [0.1, 0.15) is 25.0 Å². The van der Waals surface area contributed by atoms with Crippen LogP contribution in [-0.4, -0.2) is 58.4 Å². The summed E-state index contributed by atoms with van der Waals surface area (Å²) in [7, 11) is -1.98. The number of imidazole rings is 1. The number of nitrogens with zero attached hydrogens (tertiary/aromatic N) is 6. The second kappa shape index (κ2) is 7.59. The van der Waals surface area contributed by atoms with Crippen molar-refractivity contribution in [2.75, 3.05) is 25.0 Å². The summed E-state index contributed by atoms with van der Waals surface area (Å²) in [5, 5.41) is 3.41. The van der Waals surface area contributed by atoms with Gasteiger partial charge in [-0.05, 0) is 32.0 Å². The van der Waals surface area contributed by atoms with Crippen molar-refractivity contribution in [3.05, 3.63) is 36.4 Å². The van der Waals surface area contributed by atoms with Crippen LogP contribution >= 0.6 is 0 Å². The number of nitrogens with one attached hydrogen (secondary N) is 1. The van der Waals surface area contributed by atoms with Crippen LogP contribution in [0, 0.1) is 0 Å². The van der Waals surface area contributed by atoms with Crippen molar-refractivity contribution in [3.8, 4) is 11.4 Å². The summed E-state index contributed by atoms with van der Waals surface area (Å²) in [6.45, 7) is 0.966. The highest BCUT2D eigenvalue weighted by atomic mass is 32.2. The molecule has 0 amide bonds. The van der Waals surface area contributed by atoms with E-state index in [2.05, 4.69) is 24.8 Å². The summed E-state index contributed by atoms with van der Waals surface area (Å²) in [5.41, 5.74) is 0.965. The van der Waals surface area contributed by atoms with Crippen LogP contribution in [0.15, 0.2) is 30.7 Å². The number of piperidine rings is 1. The Balaban J connectivity index is 1.68. The van der Waals surface area contributed by atoms with Gasteiger partial charge in [-0.1, -0.05) is 0 Å². The number of sulfonamides is 1. The Bertz CT molecular complexity index is 1140. The molecule has 0 bridgehead atoms. The van der Waals surface area contributed by atoms with Crippen LogP contribution in [-0.2, 0) is 10.0 Å². The standard InChI is InChI=1S/C17H19F2N7O2S/c1-20-29(27,28)11-3-2-6-25(9-11)16-7-13(22-10-23-16)14-8-21-15-5-4-12(17(18)19)24-26(14)15/h4-5,7-8,10-11,17,20H,2-3,6,9H2,1H3. The Labute approximate surface area is 165 Å². The van der Waals surface area contributed by atoms with Gasteiger partial charge in [-0.25, -0.2) is 41.4 Å². The van der Waals surface area contributed by atoms with Crippen molar-refractivity contribution >= 4 is 21.5 Å². The number of hydrogen-bond donors (Lipinski definition) is 1. The van der Waals surface area contributed by atoms with Gasteiger partial charge in [-0.15, -0.1) is 0 Å². The lowest BCUT2D eigenvalue weighted by Gasteiger charge is -2.33. The lowest BCUT2D eigenvalue weighted by atomic mass is 10.1. The molecule has 4 rings (SSSR count). The number of aromatic nitrogens is 5. The quantitative estimate of drug-likeness (QED) is 0.665. The zero-order valence-electron chi connectivity index (χ0n) is 15.5. The molecule has 3 aromatic heterocycles. The average Bonchev–Trinajstić information content (AvgIpc) is 3.17. The summed E-state index contributed by atoms with van der Waals surface area (Å²) in [4.78, 5) is 14.6. The minimum absolute atomic E-state index is 0.306. The number of halogens is 2. The minimum atomic E-state index is -3.39. The van der Waals surface area contributed by atoms with Gasteiger partial charge < -0.3 is 4.90 Å². The summed E-state index contributed by atoms with van der Waals surface area (Å²) in [6, 6.07) is 4.39. The molecule has 0 radical (unpaired) electrons. The molecule has 1 saturated heterocycles. The molecule has 4 heterocycles. The second-order valence-electron chi connectivity index (χ2n) is 6.69. The van der Waals surface area contributed by atoms with E-state index in [1.807, 2.05) is 4.90 Å². The summed E-state index contributed by atoms with van der Waals surface area (Å²) >= 11 is 0. The summed E-state index contributed by atoms with van der Waals surface area (Å²) in [5.74, 6) is 0.561. The van der Waals surface area contributed by atoms with E-state index < -0.39 is 21.7 Å². The van der Waals surface area contributed by atoms with Crippen molar-refractivity contribution < 1.29 is 17.2 Å². The van der Waals surface area contributed by atoms with E-state index in [0.717, 1.165) is 0 Å². The molecular weight excluding hydrogens is 404 g/mol. The van der Waals surface area contributed by atoms with Gasteiger partial charge in [0, 0.05) is 19.2 Å². The minimum Gasteiger partial charge on any atom is -0.355 e. The van der Waals surface area contributed by atoms with Gasteiger partial charge in [-0.3, -0.25) is 0 Å². The van der Waals surface area contributed by atoms with Crippen molar-refractivity contribution in [1.29, 1.82) is 0 Å². The third-order valence-electron chi connectivity index (χ3n) is 4.95. The fourth-order valence-corrected chi connectivity index (χ4v) is 4.59. The van der Waals surface area contributed by atoms with Gasteiger partial charge in [-0.2, -0.15) is 5.10 Å². The molecule has 29 heavy (non-hydrogen) atoms. The Morgan fingerprint density at radius 1 is 1.24 bits per heavy atom. The number of fused-ring (bicyclic) bond motifs is 1. The van der Waals surface area contributed by atoms with Gasteiger partial charge >= 0.3 is 0 Å². The number of rotatable bonds is 5. The Morgan fingerprint density at radius 3 is 2.83 bits per heavy atom. The topological polar surface area (TPSA) is 105 Å². The number of hydrogen-bond acceptors (Lipinski definition) is 7. The van der Waals surface area contributed by atoms with Crippen LogP contribution in [0.3, 0.4) is 0 Å². The van der Waals surface area contributed by atoms with E-state index in [0.29, 0.717) is 48.8 Å². The highest BCUT2D eigenvalue weighted by Crippen LogP contribution is 2.26. The average molecular weight is 423 g/mol. The molecular formula is C17H19F2N7O2S. The largest absolute Gasteiger partial charge is 0.355 e. The van der Waals surface area contributed by atoms with Crippen molar-refractivity contribution in [2.24, 2.45) is 0 Å². The fourth-order valence-electron chi connectivity index (χ4n) is 3.40. The van der Waals surface area contributed by atoms with Gasteiger partial charge in [0.2, 0.25) is 10.0 Å². The van der Waals surface area contributed by atoms with Gasteiger partial charge in [0.05, 0.1) is 17.1 Å². The fraction of sp³-hybridized carbons (Fsp3) is 0.412. The molecule has 0 saturated carbocycles. The molecule has 9 nitrogen and oxygen atoms in total. The van der Waals surface area contributed by atoms with E-state index in [-0.39, 0.29) is 5.69 Å². The predicted octanol–water partition coefficient (Wildman–Crippen LogP) is 1.64. The Morgan fingerprint density at radius 2 is 2.07 bits per heavy atom. The predicted molar refractivity (Wildman–Crippen MR) is 102 cm³/mol. The highest BCUT2D eigenvalue weighted by Gasteiger charge is 2.30. The normalized spacial score (nSPS) is 17.9. The van der Waals surface area contributed by atoms with Gasteiger partial charge in [0.15, 0.2) is 5.65 Å². The van der Waals surface area contributed by atoms with Crippen LogP contribution < -0.4 is 9.62 Å². The summed E-state index contributed by atoms with van der Waals surface area (Å²) < 4.78 is 54.1. The third-order valence-corrected chi connectivity index (χ3v) is 6.78. The smallest absolute Gasteiger partial charge is 0.282 e. The Kier molecular flexibility index (Phi) is 5.13. The molecule has 1 aliphatic heterocycles. The molecule has 3 aromatic rings. The summed E-state index contributed by atoms with van der Waals surface area (Å²) in [6.07, 6.45) is 1.45. The van der Waals surface area contributed by atoms with Gasteiger partial charge in [0.25, 0.3) is 6.43 Å². The van der Waals surface area contributed by atoms with E-state index in [9.17, 15) is 17.2 Å². The maximum absolute atomic E-state index is 13.0. The molecule has 12 heteroatoms. The monoisotopic (exact) mass is 423 g/mol. The Hall–Kier alpha value is -2.73. The first kappa shape index (κ1) is 19.6. The van der Waals surface area contributed by atoms with E-state index in [1.165, 1.54) is 36.2 Å². The van der Waals surface area contributed by atoms with E-state index in [4.69, 9.17) is 0 Å². The maximum atomic E-state index is 13.0. The molecule has 1 aliphatic rings.